The van der Waals surface area contributed by atoms with Gasteiger partial charge < -0.3 is 4.90 Å². The summed E-state index contributed by atoms with van der Waals surface area (Å²) < 4.78 is 13.1. The normalized spacial score (nSPS) is 22.2. The predicted molar refractivity (Wildman–Crippen MR) is 92.0 cm³/mol. The zero-order valence-electron chi connectivity index (χ0n) is 13.9. The standard InChI is InChI=1S/C21H22FNO/c1-14-3-2-4-15(11-14)13-23(18-9-10-18)21(24)20-12-19(20)16-5-7-17(22)8-6-16/h2-8,11,18-20H,9-10,12-13H2,1H3. The van der Waals surface area contributed by atoms with Crippen molar-refractivity contribution in [2.75, 3.05) is 0 Å². The minimum atomic E-state index is -0.221. The third-order valence-corrected chi connectivity index (χ3v) is 5.11. The minimum absolute atomic E-state index is 0.0703. The molecule has 0 bridgehead atoms. The highest BCUT2D eigenvalue weighted by atomic mass is 19.1. The molecule has 0 N–H and O–H groups in total. The van der Waals surface area contributed by atoms with Gasteiger partial charge in [-0.25, -0.2) is 4.39 Å². The van der Waals surface area contributed by atoms with E-state index in [4.69, 9.17) is 0 Å². The summed E-state index contributed by atoms with van der Waals surface area (Å²) in [5.41, 5.74) is 3.52. The van der Waals surface area contributed by atoms with Gasteiger partial charge in [0, 0.05) is 18.5 Å². The molecule has 2 saturated carbocycles. The second-order valence-electron chi connectivity index (χ2n) is 7.19. The Kier molecular flexibility index (Phi) is 3.87. The summed E-state index contributed by atoms with van der Waals surface area (Å²) in [4.78, 5) is 15.1. The molecule has 2 aliphatic rings. The molecule has 2 aliphatic carbocycles. The number of carbonyl (C=O) groups excluding carboxylic acids is 1. The van der Waals surface area contributed by atoms with Crippen LogP contribution in [0.5, 0.6) is 0 Å². The Bertz CT molecular complexity index is 751. The van der Waals surface area contributed by atoms with E-state index < -0.39 is 0 Å². The molecule has 1 amide bonds. The van der Waals surface area contributed by atoms with E-state index in [1.54, 1.807) is 0 Å². The minimum Gasteiger partial charge on any atom is -0.335 e. The summed E-state index contributed by atoms with van der Waals surface area (Å²) in [6.07, 6.45) is 3.12. The highest BCUT2D eigenvalue weighted by molar-refractivity contribution is 5.83. The first-order chi connectivity index (χ1) is 11.6. The summed E-state index contributed by atoms with van der Waals surface area (Å²) >= 11 is 0. The summed E-state index contributed by atoms with van der Waals surface area (Å²) in [7, 11) is 0. The average Bonchev–Trinajstić information content (AvgIpc) is 3.46. The Morgan fingerprint density at radius 3 is 2.58 bits per heavy atom. The van der Waals surface area contributed by atoms with Crippen LogP contribution in [0.4, 0.5) is 4.39 Å². The quantitative estimate of drug-likeness (QED) is 0.797. The number of rotatable bonds is 5. The monoisotopic (exact) mass is 323 g/mol. The average molecular weight is 323 g/mol. The molecule has 0 spiro atoms. The first-order valence-electron chi connectivity index (χ1n) is 8.73. The van der Waals surface area contributed by atoms with E-state index in [-0.39, 0.29) is 23.6 Å². The fourth-order valence-electron chi connectivity index (χ4n) is 3.54. The topological polar surface area (TPSA) is 20.3 Å². The van der Waals surface area contributed by atoms with Gasteiger partial charge in [-0.2, -0.15) is 0 Å². The molecule has 2 fully saturated rings. The molecule has 3 heteroatoms. The second kappa shape index (κ2) is 6.04. The molecule has 2 aromatic rings. The molecule has 2 nitrogen and oxygen atoms in total. The molecule has 0 aliphatic heterocycles. The lowest BCUT2D eigenvalue weighted by Crippen LogP contribution is -2.34. The summed E-state index contributed by atoms with van der Waals surface area (Å²) in [5, 5.41) is 0. The highest BCUT2D eigenvalue weighted by Crippen LogP contribution is 2.49. The Balaban J connectivity index is 1.46. The molecule has 0 heterocycles. The van der Waals surface area contributed by atoms with Crippen molar-refractivity contribution in [3.05, 3.63) is 71.0 Å². The molecular weight excluding hydrogens is 301 g/mol. The van der Waals surface area contributed by atoms with Crippen molar-refractivity contribution in [3.8, 4) is 0 Å². The number of halogens is 1. The van der Waals surface area contributed by atoms with Gasteiger partial charge in [-0.05, 0) is 55.4 Å². The molecule has 124 valence electrons. The predicted octanol–water partition coefficient (Wildman–Crippen LogP) is 4.43. The van der Waals surface area contributed by atoms with Gasteiger partial charge in [-0.3, -0.25) is 4.79 Å². The lowest BCUT2D eigenvalue weighted by molar-refractivity contribution is -0.133. The SMILES string of the molecule is Cc1cccc(CN(C(=O)C2CC2c2ccc(F)cc2)C2CC2)c1. The molecule has 0 aromatic heterocycles. The van der Waals surface area contributed by atoms with Crippen LogP contribution in [0.25, 0.3) is 0 Å². The van der Waals surface area contributed by atoms with Crippen molar-refractivity contribution in [2.24, 2.45) is 5.92 Å². The van der Waals surface area contributed by atoms with E-state index in [1.807, 2.05) is 12.1 Å². The molecule has 24 heavy (non-hydrogen) atoms. The van der Waals surface area contributed by atoms with Crippen LogP contribution in [0.1, 0.15) is 41.9 Å². The number of hydrogen-bond acceptors (Lipinski definition) is 1. The number of benzene rings is 2. The molecular formula is C21H22FNO. The van der Waals surface area contributed by atoms with Crippen LogP contribution in [0.15, 0.2) is 48.5 Å². The zero-order valence-corrected chi connectivity index (χ0v) is 13.9. The molecule has 2 atom stereocenters. The second-order valence-corrected chi connectivity index (χ2v) is 7.19. The van der Waals surface area contributed by atoms with Crippen LogP contribution >= 0.6 is 0 Å². The maximum Gasteiger partial charge on any atom is 0.226 e. The van der Waals surface area contributed by atoms with Gasteiger partial charge >= 0.3 is 0 Å². The van der Waals surface area contributed by atoms with Crippen molar-refractivity contribution in [1.82, 2.24) is 4.90 Å². The smallest absolute Gasteiger partial charge is 0.226 e. The van der Waals surface area contributed by atoms with Gasteiger partial charge in [0.15, 0.2) is 0 Å². The molecule has 0 saturated heterocycles. The van der Waals surface area contributed by atoms with Gasteiger partial charge in [0.25, 0.3) is 0 Å². The maximum atomic E-state index is 13.1. The van der Waals surface area contributed by atoms with Crippen LogP contribution < -0.4 is 0 Å². The maximum absolute atomic E-state index is 13.1. The number of nitrogens with zero attached hydrogens (tertiary/aromatic N) is 1. The van der Waals surface area contributed by atoms with Gasteiger partial charge in [-0.15, -0.1) is 0 Å². The number of amides is 1. The fourth-order valence-corrected chi connectivity index (χ4v) is 3.54. The fraction of sp³-hybridized carbons (Fsp3) is 0.381. The number of hydrogen-bond donors (Lipinski definition) is 0. The third kappa shape index (κ3) is 3.21. The molecule has 0 radical (unpaired) electrons. The number of aryl methyl sites for hydroxylation is 1. The van der Waals surface area contributed by atoms with Gasteiger partial charge in [-0.1, -0.05) is 42.0 Å². The van der Waals surface area contributed by atoms with E-state index >= 15 is 0 Å². The van der Waals surface area contributed by atoms with E-state index in [0.29, 0.717) is 12.6 Å². The van der Waals surface area contributed by atoms with Gasteiger partial charge in [0.05, 0.1) is 0 Å². The van der Waals surface area contributed by atoms with E-state index in [1.165, 1.54) is 23.3 Å². The lowest BCUT2D eigenvalue weighted by Gasteiger charge is -2.23. The largest absolute Gasteiger partial charge is 0.335 e. The summed E-state index contributed by atoms with van der Waals surface area (Å²) in [6.45, 7) is 2.79. The molecule has 4 rings (SSSR count). The van der Waals surface area contributed by atoms with Crippen molar-refractivity contribution in [3.63, 3.8) is 0 Å². The lowest BCUT2D eigenvalue weighted by atomic mass is 10.1. The van der Waals surface area contributed by atoms with E-state index in [9.17, 15) is 9.18 Å². The van der Waals surface area contributed by atoms with Gasteiger partial charge in [0.1, 0.15) is 5.82 Å². The zero-order chi connectivity index (χ0) is 16.7. The Morgan fingerprint density at radius 1 is 1.17 bits per heavy atom. The Labute approximate surface area is 142 Å². The van der Waals surface area contributed by atoms with Crippen LogP contribution in [0.2, 0.25) is 0 Å². The Morgan fingerprint density at radius 2 is 1.92 bits per heavy atom. The van der Waals surface area contributed by atoms with Crippen LogP contribution in [-0.2, 0) is 11.3 Å². The van der Waals surface area contributed by atoms with Crippen LogP contribution in [0, 0.1) is 18.7 Å². The highest BCUT2D eigenvalue weighted by Gasteiger charge is 2.48. The van der Waals surface area contributed by atoms with Crippen molar-refractivity contribution >= 4 is 5.91 Å². The Hall–Kier alpha value is -2.16. The van der Waals surface area contributed by atoms with Crippen LogP contribution in [0.3, 0.4) is 0 Å². The molecule has 2 unspecified atom stereocenters. The first-order valence-corrected chi connectivity index (χ1v) is 8.73. The van der Waals surface area contributed by atoms with Crippen molar-refractivity contribution < 1.29 is 9.18 Å². The summed E-state index contributed by atoms with van der Waals surface area (Å²) in [6, 6.07) is 15.4. The van der Waals surface area contributed by atoms with E-state index in [0.717, 1.165) is 24.8 Å². The van der Waals surface area contributed by atoms with E-state index in [2.05, 4.69) is 36.1 Å². The van der Waals surface area contributed by atoms with Crippen molar-refractivity contribution in [2.45, 2.75) is 44.7 Å². The van der Waals surface area contributed by atoms with Crippen LogP contribution in [-0.4, -0.2) is 16.8 Å². The van der Waals surface area contributed by atoms with Crippen molar-refractivity contribution in [1.29, 1.82) is 0 Å². The summed E-state index contributed by atoms with van der Waals surface area (Å²) in [5.74, 6) is 0.382. The first kappa shape index (κ1) is 15.4. The molecule has 2 aromatic carbocycles. The third-order valence-electron chi connectivity index (χ3n) is 5.11. The van der Waals surface area contributed by atoms with Gasteiger partial charge in [0.2, 0.25) is 5.91 Å². The number of carbonyl (C=O) groups is 1.